The maximum atomic E-state index is 12.2. The summed E-state index contributed by atoms with van der Waals surface area (Å²) in [6, 6.07) is 11.0. The van der Waals surface area contributed by atoms with Gasteiger partial charge in [-0.2, -0.15) is 0 Å². The summed E-state index contributed by atoms with van der Waals surface area (Å²) < 4.78 is 0. The molecule has 0 aromatic heterocycles. The van der Waals surface area contributed by atoms with Crippen LogP contribution in [0.5, 0.6) is 0 Å². The van der Waals surface area contributed by atoms with E-state index < -0.39 is 10.8 Å². The molecular formula is C14H11ClN2O3S. The topological polar surface area (TPSA) is 72.2 Å². The van der Waals surface area contributed by atoms with Gasteiger partial charge < -0.3 is 5.32 Å². The van der Waals surface area contributed by atoms with Crippen LogP contribution in [-0.4, -0.2) is 17.1 Å². The van der Waals surface area contributed by atoms with E-state index in [4.69, 9.17) is 11.6 Å². The summed E-state index contributed by atoms with van der Waals surface area (Å²) in [5.41, 5.74) is 0.497. The minimum absolute atomic E-state index is 0.0698. The third-order valence-electron chi connectivity index (χ3n) is 2.73. The third-order valence-corrected chi connectivity index (χ3v) is 3.79. The van der Waals surface area contributed by atoms with Crippen LogP contribution in [0.15, 0.2) is 47.4 Å². The Hall–Kier alpha value is -2.05. The maximum absolute atomic E-state index is 12.2. The number of thioether (sulfide) groups is 1. The highest BCUT2D eigenvalue weighted by molar-refractivity contribution is 7.98. The molecule has 5 nitrogen and oxygen atoms in total. The highest BCUT2D eigenvalue weighted by Gasteiger charge is 2.16. The zero-order chi connectivity index (χ0) is 15.4. The quantitative estimate of drug-likeness (QED) is 0.519. The molecule has 0 aliphatic carbocycles. The highest BCUT2D eigenvalue weighted by Crippen LogP contribution is 2.24. The molecule has 7 heteroatoms. The molecule has 2 aromatic rings. The molecule has 0 heterocycles. The Kier molecular flexibility index (Phi) is 4.82. The number of benzene rings is 2. The number of hydrogen-bond donors (Lipinski definition) is 1. The summed E-state index contributed by atoms with van der Waals surface area (Å²) in [6.07, 6.45) is 1.93. The summed E-state index contributed by atoms with van der Waals surface area (Å²) >= 11 is 7.48. The molecule has 21 heavy (non-hydrogen) atoms. The fourth-order valence-electron chi connectivity index (χ4n) is 1.70. The first kappa shape index (κ1) is 15.3. The number of nitrogens with one attached hydrogen (secondary N) is 1. The van der Waals surface area contributed by atoms with Crippen molar-refractivity contribution in [2.45, 2.75) is 4.90 Å². The third kappa shape index (κ3) is 3.74. The average molecular weight is 323 g/mol. The van der Waals surface area contributed by atoms with Crippen LogP contribution in [0.1, 0.15) is 10.4 Å². The van der Waals surface area contributed by atoms with Gasteiger partial charge in [0.15, 0.2) is 0 Å². The number of nitro benzene ring substituents is 1. The van der Waals surface area contributed by atoms with Gasteiger partial charge in [0.25, 0.3) is 11.6 Å². The lowest BCUT2D eigenvalue weighted by Crippen LogP contribution is -2.12. The number of nitro groups is 1. The minimum atomic E-state index is -0.568. The van der Waals surface area contributed by atoms with E-state index in [9.17, 15) is 14.9 Å². The van der Waals surface area contributed by atoms with Crippen LogP contribution < -0.4 is 5.32 Å². The number of hydrogen-bond acceptors (Lipinski definition) is 4. The average Bonchev–Trinajstić information content (AvgIpc) is 2.47. The Morgan fingerprint density at radius 2 is 2.05 bits per heavy atom. The molecule has 0 aliphatic rings. The van der Waals surface area contributed by atoms with E-state index in [1.165, 1.54) is 12.1 Å². The molecule has 0 fully saturated rings. The molecule has 2 rings (SSSR count). The molecule has 0 radical (unpaired) electrons. The van der Waals surface area contributed by atoms with E-state index in [1.807, 2.05) is 24.5 Å². The summed E-state index contributed by atoms with van der Waals surface area (Å²) in [4.78, 5) is 23.4. The first-order valence-electron chi connectivity index (χ1n) is 5.90. The Morgan fingerprint density at radius 1 is 1.29 bits per heavy atom. The number of amides is 1. The van der Waals surface area contributed by atoms with E-state index in [1.54, 1.807) is 17.8 Å². The molecule has 0 saturated heterocycles. The highest BCUT2D eigenvalue weighted by atomic mass is 35.5. The van der Waals surface area contributed by atoms with Crippen LogP contribution in [0.25, 0.3) is 0 Å². The Labute approximate surface area is 130 Å². The largest absolute Gasteiger partial charge is 0.322 e. The fourth-order valence-corrected chi connectivity index (χ4v) is 2.36. The zero-order valence-corrected chi connectivity index (χ0v) is 12.6. The van der Waals surface area contributed by atoms with Crippen LogP contribution in [0, 0.1) is 10.1 Å². The summed E-state index contributed by atoms with van der Waals surface area (Å²) in [6.45, 7) is 0. The van der Waals surface area contributed by atoms with Crippen molar-refractivity contribution < 1.29 is 9.72 Å². The normalized spacial score (nSPS) is 10.2. The maximum Gasteiger partial charge on any atom is 0.270 e. The molecule has 0 saturated carbocycles. The lowest BCUT2D eigenvalue weighted by molar-refractivity contribution is -0.384. The van der Waals surface area contributed by atoms with Crippen molar-refractivity contribution in [2.75, 3.05) is 11.6 Å². The van der Waals surface area contributed by atoms with Crippen LogP contribution in [0.3, 0.4) is 0 Å². The SMILES string of the molecule is CSc1cccc(NC(=O)c2cc([N+](=O)[O-])ccc2Cl)c1. The van der Waals surface area contributed by atoms with Crippen molar-refractivity contribution in [2.24, 2.45) is 0 Å². The Balaban J connectivity index is 2.27. The van der Waals surface area contributed by atoms with Crippen molar-refractivity contribution in [1.82, 2.24) is 0 Å². The summed E-state index contributed by atoms with van der Waals surface area (Å²) in [5, 5.41) is 13.6. The second-order valence-corrected chi connectivity index (χ2v) is 5.39. The van der Waals surface area contributed by atoms with Crippen molar-refractivity contribution in [3.05, 3.63) is 63.2 Å². The van der Waals surface area contributed by atoms with Crippen LogP contribution in [0.4, 0.5) is 11.4 Å². The van der Waals surface area contributed by atoms with Gasteiger partial charge in [-0.15, -0.1) is 11.8 Å². The van der Waals surface area contributed by atoms with Crippen molar-refractivity contribution in [1.29, 1.82) is 0 Å². The predicted octanol–water partition coefficient (Wildman–Crippen LogP) is 4.22. The van der Waals surface area contributed by atoms with E-state index in [0.717, 1.165) is 11.0 Å². The molecule has 1 N–H and O–H groups in total. The molecule has 1 amide bonds. The first-order valence-corrected chi connectivity index (χ1v) is 7.51. The van der Waals surface area contributed by atoms with Gasteiger partial charge in [0.1, 0.15) is 0 Å². The predicted molar refractivity (Wildman–Crippen MR) is 84.3 cm³/mol. The van der Waals surface area contributed by atoms with E-state index in [-0.39, 0.29) is 16.3 Å². The number of non-ortho nitro benzene ring substituents is 1. The van der Waals surface area contributed by atoms with Crippen LogP contribution >= 0.6 is 23.4 Å². The minimum Gasteiger partial charge on any atom is -0.322 e. The van der Waals surface area contributed by atoms with Gasteiger partial charge in [0.05, 0.1) is 15.5 Å². The Bertz CT molecular complexity index is 706. The van der Waals surface area contributed by atoms with Crippen molar-refractivity contribution in [3.63, 3.8) is 0 Å². The van der Waals surface area contributed by atoms with Crippen LogP contribution in [-0.2, 0) is 0 Å². The Morgan fingerprint density at radius 3 is 2.71 bits per heavy atom. The summed E-state index contributed by atoms with van der Waals surface area (Å²) in [7, 11) is 0. The fraction of sp³-hybridized carbons (Fsp3) is 0.0714. The first-order chi connectivity index (χ1) is 10.0. The zero-order valence-electron chi connectivity index (χ0n) is 11.0. The molecular weight excluding hydrogens is 312 g/mol. The number of carbonyl (C=O) groups is 1. The van der Waals surface area contributed by atoms with Gasteiger partial charge >= 0.3 is 0 Å². The second kappa shape index (κ2) is 6.60. The lowest BCUT2D eigenvalue weighted by atomic mass is 10.2. The molecule has 0 atom stereocenters. The van der Waals surface area contributed by atoms with E-state index in [2.05, 4.69) is 5.32 Å². The number of nitrogens with zero attached hydrogens (tertiary/aromatic N) is 1. The number of anilines is 1. The van der Waals surface area contributed by atoms with Crippen LogP contribution in [0.2, 0.25) is 5.02 Å². The lowest BCUT2D eigenvalue weighted by Gasteiger charge is -2.07. The smallest absolute Gasteiger partial charge is 0.270 e. The van der Waals surface area contributed by atoms with Crippen molar-refractivity contribution in [3.8, 4) is 0 Å². The van der Waals surface area contributed by atoms with Gasteiger partial charge in [0.2, 0.25) is 0 Å². The standard InChI is InChI=1S/C14H11ClN2O3S/c1-21-11-4-2-3-9(7-11)16-14(18)12-8-10(17(19)20)5-6-13(12)15/h2-8H,1H3,(H,16,18). The van der Waals surface area contributed by atoms with Gasteiger partial charge in [-0.05, 0) is 30.5 Å². The molecule has 108 valence electrons. The molecule has 0 bridgehead atoms. The van der Waals surface area contributed by atoms with Gasteiger partial charge in [-0.3, -0.25) is 14.9 Å². The summed E-state index contributed by atoms with van der Waals surface area (Å²) in [5.74, 6) is -0.484. The molecule has 0 unspecified atom stereocenters. The molecule has 2 aromatic carbocycles. The molecule has 0 spiro atoms. The van der Waals surface area contributed by atoms with E-state index >= 15 is 0 Å². The monoisotopic (exact) mass is 322 g/mol. The number of rotatable bonds is 4. The van der Waals surface area contributed by atoms with Gasteiger partial charge in [-0.25, -0.2) is 0 Å². The van der Waals surface area contributed by atoms with Crippen molar-refractivity contribution >= 4 is 40.6 Å². The number of carbonyl (C=O) groups excluding carboxylic acids is 1. The number of halogens is 1. The second-order valence-electron chi connectivity index (χ2n) is 4.11. The van der Waals surface area contributed by atoms with E-state index in [0.29, 0.717) is 5.69 Å². The van der Waals surface area contributed by atoms with Gasteiger partial charge in [0, 0.05) is 22.7 Å². The molecule has 0 aliphatic heterocycles. The van der Waals surface area contributed by atoms with Gasteiger partial charge in [-0.1, -0.05) is 17.7 Å².